The summed E-state index contributed by atoms with van der Waals surface area (Å²) in [6.07, 6.45) is 4.32. The third-order valence-corrected chi connectivity index (χ3v) is 3.84. The molecule has 0 spiro atoms. The van der Waals surface area contributed by atoms with Gasteiger partial charge in [0.1, 0.15) is 0 Å². The van der Waals surface area contributed by atoms with E-state index in [-0.39, 0.29) is 6.03 Å². The molecule has 0 atom stereocenters. The van der Waals surface area contributed by atoms with Crippen LogP contribution in [-0.4, -0.2) is 55.1 Å². The molecule has 1 saturated heterocycles. The number of rotatable bonds is 5. The Morgan fingerprint density at radius 2 is 1.91 bits per heavy atom. The zero-order chi connectivity index (χ0) is 15.8. The summed E-state index contributed by atoms with van der Waals surface area (Å²) in [6, 6.07) is 10.3. The zero-order valence-corrected chi connectivity index (χ0v) is 14.3. The Hall–Kier alpha value is -1.59. The topological polar surface area (TPSA) is 35.6 Å². The number of urea groups is 1. The maximum atomic E-state index is 11.9. The van der Waals surface area contributed by atoms with Crippen LogP contribution in [0.2, 0.25) is 0 Å². The van der Waals surface area contributed by atoms with Gasteiger partial charge in [-0.1, -0.05) is 65.0 Å². The molecule has 2 amide bonds. The molecule has 118 valence electrons. The average Bonchev–Trinajstić information content (AvgIpc) is 2.54. The minimum absolute atomic E-state index is 0.0138. The van der Waals surface area contributed by atoms with E-state index in [0.717, 1.165) is 37.2 Å². The van der Waals surface area contributed by atoms with Crippen molar-refractivity contribution in [2.24, 2.45) is 0 Å². The smallest absolute Gasteiger partial charge is 0.317 e. The molecule has 0 aliphatic carbocycles. The molecular weight excluding hydrogens is 342 g/mol. The molecule has 0 aromatic heterocycles. The number of hydrogen-bond donors (Lipinski definition) is 1. The Morgan fingerprint density at radius 1 is 1.23 bits per heavy atom. The van der Waals surface area contributed by atoms with Gasteiger partial charge in [0.15, 0.2) is 0 Å². The number of benzene rings is 1. The SMILES string of the molecule is C=C(Br)CNC(=O)N1CCN(C/C=C/c2ccccc2)CC1. The van der Waals surface area contributed by atoms with Gasteiger partial charge in [0.2, 0.25) is 0 Å². The molecule has 0 unspecified atom stereocenters. The van der Waals surface area contributed by atoms with Crippen molar-refractivity contribution in [1.29, 1.82) is 0 Å². The van der Waals surface area contributed by atoms with E-state index in [1.807, 2.05) is 23.1 Å². The lowest BCUT2D eigenvalue weighted by Crippen LogP contribution is -2.51. The Morgan fingerprint density at radius 3 is 2.55 bits per heavy atom. The van der Waals surface area contributed by atoms with Crippen molar-refractivity contribution in [1.82, 2.24) is 15.1 Å². The van der Waals surface area contributed by atoms with Gasteiger partial charge in [-0.3, -0.25) is 4.90 Å². The number of nitrogens with one attached hydrogen (secondary N) is 1. The minimum Gasteiger partial charge on any atom is -0.333 e. The standard InChI is InChI=1S/C17H22BrN3O/c1-15(18)14-19-17(22)21-12-10-20(11-13-21)9-5-8-16-6-3-2-4-7-16/h2-8H,1,9-14H2,(H,19,22)/b8-5+. The minimum atomic E-state index is -0.0138. The number of carbonyl (C=O) groups excluding carboxylic acids is 1. The van der Waals surface area contributed by atoms with E-state index in [1.54, 1.807) is 0 Å². The summed E-state index contributed by atoms with van der Waals surface area (Å²) in [6.45, 7) is 8.44. The van der Waals surface area contributed by atoms with Crippen LogP contribution in [0.3, 0.4) is 0 Å². The van der Waals surface area contributed by atoms with Gasteiger partial charge in [0.05, 0.1) is 6.54 Å². The van der Waals surface area contributed by atoms with Gasteiger partial charge in [0.25, 0.3) is 0 Å². The van der Waals surface area contributed by atoms with Gasteiger partial charge in [0, 0.05) is 37.2 Å². The van der Waals surface area contributed by atoms with E-state index in [9.17, 15) is 4.79 Å². The molecule has 2 rings (SSSR count). The highest BCUT2D eigenvalue weighted by molar-refractivity contribution is 9.11. The lowest BCUT2D eigenvalue weighted by molar-refractivity contribution is 0.147. The highest BCUT2D eigenvalue weighted by Crippen LogP contribution is 2.05. The van der Waals surface area contributed by atoms with Gasteiger partial charge >= 0.3 is 6.03 Å². The third-order valence-electron chi connectivity index (χ3n) is 3.56. The number of halogens is 1. The van der Waals surface area contributed by atoms with Crippen molar-refractivity contribution in [3.8, 4) is 0 Å². The Balaban J connectivity index is 1.70. The first-order chi connectivity index (χ1) is 10.6. The average molecular weight is 364 g/mol. The Kier molecular flexibility index (Phi) is 6.68. The maximum Gasteiger partial charge on any atom is 0.317 e. The van der Waals surface area contributed by atoms with Crippen LogP contribution in [0.1, 0.15) is 5.56 Å². The van der Waals surface area contributed by atoms with Gasteiger partial charge < -0.3 is 10.2 Å². The predicted molar refractivity (Wildman–Crippen MR) is 95.0 cm³/mol. The van der Waals surface area contributed by atoms with Crippen LogP contribution in [0.15, 0.2) is 47.5 Å². The van der Waals surface area contributed by atoms with Gasteiger partial charge in [-0.15, -0.1) is 0 Å². The molecule has 1 aliphatic heterocycles. The number of amides is 2. The van der Waals surface area contributed by atoms with Crippen LogP contribution < -0.4 is 5.32 Å². The predicted octanol–water partition coefficient (Wildman–Crippen LogP) is 2.94. The van der Waals surface area contributed by atoms with Gasteiger partial charge in [-0.25, -0.2) is 4.79 Å². The third kappa shape index (κ3) is 5.66. The maximum absolute atomic E-state index is 11.9. The van der Waals surface area contributed by atoms with Crippen molar-refractivity contribution < 1.29 is 4.79 Å². The zero-order valence-electron chi connectivity index (χ0n) is 12.7. The van der Waals surface area contributed by atoms with Crippen LogP contribution in [0.25, 0.3) is 6.08 Å². The first kappa shape index (κ1) is 16.8. The van der Waals surface area contributed by atoms with Crippen molar-refractivity contribution >= 4 is 28.0 Å². The van der Waals surface area contributed by atoms with Crippen molar-refractivity contribution in [3.05, 3.63) is 53.0 Å². The van der Waals surface area contributed by atoms with Crippen LogP contribution >= 0.6 is 15.9 Å². The second kappa shape index (κ2) is 8.76. The summed E-state index contributed by atoms with van der Waals surface area (Å²) in [5.41, 5.74) is 1.22. The van der Waals surface area contributed by atoms with Crippen molar-refractivity contribution in [2.75, 3.05) is 39.3 Å². The molecule has 1 fully saturated rings. The number of piperazine rings is 1. The number of nitrogens with zero attached hydrogens (tertiary/aromatic N) is 2. The monoisotopic (exact) mass is 363 g/mol. The van der Waals surface area contributed by atoms with E-state index in [2.05, 4.69) is 57.0 Å². The summed E-state index contributed by atoms with van der Waals surface area (Å²) in [5.74, 6) is 0. The van der Waals surface area contributed by atoms with Crippen LogP contribution in [0, 0.1) is 0 Å². The first-order valence-electron chi connectivity index (χ1n) is 7.45. The van der Waals surface area contributed by atoms with E-state index in [4.69, 9.17) is 0 Å². The molecule has 0 radical (unpaired) electrons. The van der Waals surface area contributed by atoms with Crippen molar-refractivity contribution in [3.63, 3.8) is 0 Å². The molecule has 4 nitrogen and oxygen atoms in total. The van der Waals surface area contributed by atoms with Crippen molar-refractivity contribution in [2.45, 2.75) is 0 Å². The molecule has 1 aliphatic rings. The highest BCUT2D eigenvalue weighted by atomic mass is 79.9. The molecule has 1 aromatic rings. The molecule has 1 heterocycles. The normalized spacial score (nSPS) is 16.0. The second-order valence-corrected chi connectivity index (χ2v) is 6.40. The van der Waals surface area contributed by atoms with Gasteiger partial charge in [-0.05, 0) is 5.56 Å². The summed E-state index contributed by atoms with van der Waals surface area (Å²) >= 11 is 3.24. The quantitative estimate of drug-likeness (QED) is 0.872. The van der Waals surface area contributed by atoms with Crippen LogP contribution in [0.4, 0.5) is 4.79 Å². The van der Waals surface area contributed by atoms with E-state index in [1.165, 1.54) is 5.56 Å². The molecule has 22 heavy (non-hydrogen) atoms. The van der Waals surface area contributed by atoms with Gasteiger partial charge in [-0.2, -0.15) is 0 Å². The molecular formula is C17H22BrN3O. The number of hydrogen-bond acceptors (Lipinski definition) is 2. The van der Waals surface area contributed by atoms with E-state index >= 15 is 0 Å². The summed E-state index contributed by atoms with van der Waals surface area (Å²) in [5, 5.41) is 2.84. The summed E-state index contributed by atoms with van der Waals surface area (Å²) in [7, 11) is 0. The molecule has 1 aromatic carbocycles. The molecule has 1 N–H and O–H groups in total. The van der Waals surface area contributed by atoms with E-state index in [0.29, 0.717) is 6.54 Å². The largest absolute Gasteiger partial charge is 0.333 e. The summed E-state index contributed by atoms with van der Waals surface area (Å²) < 4.78 is 0.783. The lowest BCUT2D eigenvalue weighted by atomic mass is 10.2. The Labute approximate surface area is 140 Å². The first-order valence-corrected chi connectivity index (χ1v) is 8.24. The lowest BCUT2D eigenvalue weighted by Gasteiger charge is -2.34. The number of carbonyl (C=O) groups is 1. The molecule has 0 bridgehead atoms. The van der Waals surface area contributed by atoms with Crippen LogP contribution in [-0.2, 0) is 0 Å². The fourth-order valence-electron chi connectivity index (χ4n) is 2.32. The molecule has 0 saturated carbocycles. The second-order valence-electron chi connectivity index (χ2n) is 5.28. The fourth-order valence-corrected chi connectivity index (χ4v) is 2.46. The Bertz CT molecular complexity index is 522. The summed E-state index contributed by atoms with van der Waals surface area (Å²) in [4.78, 5) is 16.1. The fraction of sp³-hybridized carbons (Fsp3) is 0.353. The van der Waals surface area contributed by atoms with Crippen LogP contribution in [0.5, 0.6) is 0 Å². The highest BCUT2D eigenvalue weighted by Gasteiger charge is 2.19. The van der Waals surface area contributed by atoms with E-state index < -0.39 is 0 Å². The molecule has 5 heteroatoms.